The smallest absolute Gasteiger partial charge is 0.289 e. The zero-order valence-corrected chi connectivity index (χ0v) is 13.3. The van der Waals surface area contributed by atoms with Gasteiger partial charge in [0.1, 0.15) is 5.57 Å². The highest BCUT2D eigenvalue weighted by molar-refractivity contribution is 7.89. The number of hydrogen-bond donors (Lipinski definition) is 1. The average Bonchev–Trinajstić information content (AvgIpc) is 2.51. The number of ketones is 2. The van der Waals surface area contributed by atoms with Crippen molar-refractivity contribution in [2.45, 2.75) is 10.6 Å². The number of alkyl halides is 1. The van der Waals surface area contributed by atoms with Crippen LogP contribution in [0, 0.1) is 10.1 Å². The highest BCUT2D eigenvalue weighted by atomic mass is 35.5. The minimum absolute atomic E-state index is 0.0924. The molecule has 1 aromatic rings. The molecule has 0 aromatic heterocycles. The van der Waals surface area contributed by atoms with Crippen molar-refractivity contribution in [3.63, 3.8) is 0 Å². The summed E-state index contributed by atoms with van der Waals surface area (Å²) in [5, 5.41) is 11.2. The molecule has 2 aliphatic carbocycles. The Morgan fingerprint density at radius 3 is 2.21 bits per heavy atom. The lowest BCUT2D eigenvalue weighted by molar-refractivity contribution is -0.420. The first kappa shape index (κ1) is 16.5. The van der Waals surface area contributed by atoms with Gasteiger partial charge in [0.15, 0.2) is 5.78 Å². The lowest BCUT2D eigenvalue weighted by atomic mass is 9.78. The number of rotatable bonds is 2. The van der Waals surface area contributed by atoms with E-state index in [2.05, 4.69) is 0 Å². The minimum Gasteiger partial charge on any atom is -0.289 e. The first-order valence-corrected chi connectivity index (χ1v) is 8.35. The number of hydrogen-bond acceptors (Lipinski definition) is 6. The normalized spacial score (nSPS) is 23.5. The fourth-order valence-corrected chi connectivity index (χ4v) is 3.81. The number of benzene rings is 1. The molecule has 0 amide bonds. The Balaban J connectivity index is 2.42. The molecular weight excluding hydrogens is 362 g/mol. The Labute approximate surface area is 140 Å². The highest BCUT2D eigenvalue weighted by Gasteiger charge is 2.56. The fraction of sp³-hybridized carbons (Fsp3) is 0.143. The first-order chi connectivity index (χ1) is 11.1. The summed E-state index contributed by atoms with van der Waals surface area (Å²) in [6, 6.07) is 5.50. The molecule has 3 rings (SSSR count). The highest BCUT2D eigenvalue weighted by Crippen LogP contribution is 2.46. The molecule has 0 bridgehead atoms. The van der Waals surface area contributed by atoms with Crippen LogP contribution < -0.4 is 0 Å². The van der Waals surface area contributed by atoms with E-state index in [1.165, 1.54) is 24.3 Å². The number of nitrogens with zero attached hydrogens (tertiary/aromatic N) is 1. The standard InChI is InChI=1S/C14H8ClNO7S/c15-14(24(21,22)23)6-5-9(16(19)20)10-11(14)13(18)8-4-2-1-3-7(8)12(10)17/h1-5H,6H2,(H,21,22,23). The summed E-state index contributed by atoms with van der Waals surface area (Å²) in [5.41, 5.74) is -2.42. The lowest BCUT2D eigenvalue weighted by Gasteiger charge is -2.31. The maximum atomic E-state index is 12.7. The average molecular weight is 370 g/mol. The van der Waals surface area contributed by atoms with Crippen molar-refractivity contribution in [3.05, 3.63) is 68.4 Å². The van der Waals surface area contributed by atoms with Crippen LogP contribution in [0.15, 0.2) is 47.2 Å². The summed E-state index contributed by atoms with van der Waals surface area (Å²) in [4.78, 5) is 35.7. The van der Waals surface area contributed by atoms with Gasteiger partial charge in [-0.3, -0.25) is 24.3 Å². The van der Waals surface area contributed by atoms with Crippen molar-refractivity contribution in [1.29, 1.82) is 0 Å². The van der Waals surface area contributed by atoms with Gasteiger partial charge in [-0.25, -0.2) is 0 Å². The minimum atomic E-state index is -5.04. The van der Waals surface area contributed by atoms with E-state index in [0.29, 0.717) is 0 Å². The molecule has 2 aliphatic rings. The number of halogens is 1. The predicted molar refractivity (Wildman–Crippen MR) is 82.0 cm³/mol. The monoisotopic (exact) mass is 369 g/mol. The topological polar surface area (TPSA) is 132 Å². The van der Waals surface area contributed by atoms with Crippen LogP contribution in [0.3, 0.4) is 0 Å². The summed E-state index contributed by atoms with van der Waals surface area (Å²) in [5.74, 6) is -1.84. The first-order valence-electron chi connectivity index (χ1n) is 6.53. The van der Waals surface area contributed by atoms with Crippen molar-refractivity contribution < 1.29 is 27.5 Å². The molecule has 124 valence electrons. The quantitative estimate of drug-likeness (QED) is 0.363. The van der Waals surface area contributed by atoms with Gasteiger partial charge in [-0.05, 0) is 6.08 Å². The van der Waals surface area contributed by atoms with E-state index in [1.807, 2.05) is 0 Å². The number of nitro groups is 1. The largest absolute Gasteiger partial charge is 0.289 e. The lowest BCUT2D eigenvalue weighted by Crippen LogP contribution is -2.44. The molecular formula is C14H8ClNO7S. The molecule has 1 atom stereocenters. The summed E-state index contributed by atoms with van der Waals surface area (Å²) >= 11 is 5.99. The van der Waals surface area contributed by atoms with Crippen molar-refractivity contribution in [1.82, 2.24) is 0 Å². The van der Waals surface area contributed by atoms with Gasteiger partial charge in [0.25, 0.3) is 15.8 Å². The summed E-state index contributed by atoms with van der Waals surface area (Å²) in [6.45, 7) is 0. The summed E-state index contributed by atoms with van der Waals surface area (Å²) < 4.78 is 30.3. The maximum absolute atomic E-state index is 12.7. The van der Waals surface area contributed by atoms with Gasteiger partial charge >= 0.3 is 0 Å². The molecule has 24 heavy (non-hydrogen) atoms. The van der Waals surface area contributed by atoms with Gasteiger partial charge in [-0.1, -0.05) is 35.9 Å². The Morgan fingerprint density at radius 2 is 1.71 bits per heavy atom. The Hall–Kier alpha value is -2.36. The van der Waals surface area contributed by atoms with Gasteiger partial charge in [0, 0.05) is 17.5 Å². The molecule has 8 nitrogen and oxygen atoms in total. The number of fused-ring (bicyclic) bond motifs is 1. The van der Waals surface area contributed by atoms with Crippen LogP contribution in [0.5, 0.6) is 0 Å². The third-order valence-electron chi connectivity index (χ3n) is 3.91. The molecule has 0 spiro atoms. The van der Waals surface area contributed by atoms with E-state index in [0.717, 1.165) is 6.08 Å². The molecule has 0 saturated heterocycles. The van der Waals surface area contributed by atoms with Gasteiger partial charge in [0.2, 0.25) is 9.99 Å². The van der Waals surface area contributed by atoms with Crippen LogP contribution in [0.2, 0.25) is 0 Å². The van der Waals surface area contributed by atoms with Gasteiger partial charge < -0.3 is 0 Å². The van der Waals surface area contributed by atoms with Crippen LogP contribution in [-0.2, 0) is 10.1 Å². The number of carbonyl (C=O) groups is 2. The van der Waals surface area contributed by atoms with Gasteiger partial charge in [-0.15, -0.1) is 0 Å². The van der Waals surface area contributed by atoms with Crippen molar-refractivity contribution in [3.8, 4) is 0 Å². The number of allylic oxidation sites excluding steroid dienone is 2. The Bertz CT molecular complexity index is 992. The molecule has 0 heterocycles. The van der Waals surface area contributed by atoms with Crippen molar-refractivity contribution in [2.75, 3.05) is 0 Å². The van der Waals surface area contributed by atoms with Gasteiger partial charge in [-0.2, -0.15) is 8.42 Å². The zero-order valence-electron chi connectivity index (χ0n) is 11.7. The second-order valence-corrected chi connectivity index (χ2v) is 7.72. The van der Waals surface area contributed by atoms with Crippen LogP contribution >= 0.6 is 11.6 Å². The van der Waals surface area contributed by atoms with Gasteiger partial charge in [0.05, 0.1) is 10.5 Å². The van der Waals surface area contributed by atoms with Crippen LogP contribution in [0.25, 0.3) is 0 Å². The number of carbonyl (C=O) groups excluding carboxylic acids is 2. The molecule has 0 fully saturated rings. The van der Waals surface area contributed by atoms with Crippen molar-refractivity contribution in [2.24, 2.45) is 0 Å². The third kappa shape index (κ3) is 2.05. The second-order valence-electron chi connectivity index (χ2n) is 5.21. The number of Topliss-reactive ketones (excluding diaryl/α,β-unsaturated/α-hetero) is 2. The van der Waals surface area contributed by atoms with Crippen LogP contribution in [0.1, 0.15) is 27.1 Å². The SMILES string of the molecule is O=C1C2=C(C(=O)c3ccccc31)C(Cl)(S(=O)(=O)O)CC=C2[N+](=O)[O-]. The molecule has 1 unspecified atom stereocenters. The molecule has 0 aliphatic heterocycles. The Morgan fingerprint density at radius 1 is 1.17 bits per heavy atom. The second kappa shape index (κ2) is 5.07. The summed E-state index contributed by atoms with van der Waals surface area (Å²) in [6.07, 6.45) is 0.0996. The molecule has 0 radical (unpaired) electrons. The van der Waals surface area contributed by atoms with Crippen LogP contribution in [0.4, 0.5) is 0 Å². The molecule has 10 heteroatoms. The summed E-state index contributed by atoms with van der Waals surface area (Å²) in [7, 11) is -5.04. The zero-order chi connectivity index (χ0) is 17.9. The van der Waals surface area contributed by atoms with E-state index >= 15 is 0 Å². The Kier molecular flexibility index (Phi) is 3.48. The molecule has 0 saturated carbocycles. The van der Waals surface area contributed by atoms with E-state index in [9.17, 15) is 32.7 Å². The third-order valence-corrected chi connectivity index (χ3v) is 6.03. The van der Waals surface area contributed by atoms with E-state index in [-0.39, 0.29) is 11.1 Å². The van der Waals surface area contributed by atoms with Crippen LogP contribution in [-0.4, -0.2) is 33.7 Å². The molecule has 1 aromatic carbocycles. The maximum Gasteiger partial charge on any atom is 0.289 e. The molecule has 1 N–H and O–H groups in total. The fourth-order valence-electron chi connectivity index (χ4n) is 2.81. The van der Waals surface area contributed by atoms with E-state index in [1.54, 1.807) is 0 Å². The van der Waals surface area contributed by atoms with E-state index in [4.69, 9.17) is 11.6 Å². The van der Waals surface area contributed by atoms with E-state index < -0.39 is 54.1 Å². The van der Waals surface area contributed by atoms with Crippen molar-refractivity contribution >= 4 is 33.3 Å². The predicted octanol–water partition coefficient (Wildman–Crippen LogP) is 1.75.